The summed E-state index contributed by atoms with van der Waals surface area (Å²) in [6, 6.07) is 24.1. The molecular weight excluding hydrogens is 471 g/mol. The van der Waals surface area contributed by atoms with Crippen LogP contribution in [0.5, 0.6) is 0 Å². The Kier molecular flexibility index (Phi) is 5.14. The normalized spacial score (nSPS) is 10.8. The van der Waals surface area contributed by atoms with Gasteiger partial charge in [0.05, 0.1) is 11.4 Å². The van der Waals surface area contributed by atoms with Crippen LogP contribution in [0.1, 0.15) is 0 Å². The molecule has 0 amide bonds. The smallest absolute Gasteiger partial charge is 0.160 e. The van der Waals surface area contributed by atoms with E-state index in [0.29, 0.717) is 5.82 Å². The van der Waals surface area contributed by atoms with Gasteiger partial charge in [-0.1, -0.05) is 62.2 Å². The number of hydrogen-bond acceptors (Lipinski definition) is 2. The summed E-state index contributed by atoms with van der Waals surface area (Å²) in [6.45, 7) is 0. The quantitative estimate of drug-likeness (QED) is 0.309. The van der Waals surface area contributed by atoms with Gasteiger partial charge in [0, 0.05) is 25.6 Å². The van der Waals surface area contributed by atoms with E-state index in [9.17, 15) is 4.39 Å². The first-order valence-corrected chi connectivity index (χ1v) is 9.84. The van der Waals surface area contributed by atoms with Crippen LogP contribution in [0.2, 0.25) is 0 Å². The van der Waals surface area contributed by atoms with Crippen LogP contribution in [-0.2, 0) is 0 Å². The molecule has 0 bridgehead atoms. The predicted molar refractivity (Wildman–Crippen MR) is 114 cm³/mol. The molecule has 2 nitrogen and oxygen atoms in total. The van der Waals surface area contributed by atoms with Crippen molar-refractivity contribution >= 4 is 31.9 Å². The molecule has 0 atom stereocenters. The lowest BCUT2D eigenvalue weighted by molar-refractivity contribution is 0.628. The zero-order valence-electron chi connectivity index (χ0n) is 14.0. The van der Waals surface area contributed by atoms with Crippen molar-refractivity contribution in [3.05, 3.63) is 93.6 Å². The SMILES string of the molecule is Fc1ccc(-c2cc(-c3cc(Br)cc(Br)c3)nc(-c3ccccc3)n2)cc1. The molecule has 4 aromatic rings. The van der Waals surface area contributed by atoms with Crippen LogP contribution in [0.3, 0.4) is 0 Å². The topological polar surface area (TPSA) is 25.8 Å². The van der Waals surface area contributed by atoms with E-state index in [1.165, 1.54) is 12.1 Å². The molecule has 0 radical (unpaired) electrons. The zero-order chi connectivity index (χ0) is 18.8. The van der Waals surface area contributed by atoms with Crippen molar-refractivity contribution < 1.29 is 4.39 Å². The van der Waals surface area contributed by atoms with Gasteiger partial charge in [-0.3, -0.25) is 0 Å². The molecule has 0 N–H and O–H groups in total. The van der Waals surface area contributed by atoms with Gasteiger partial charge in [0.15, 0.2) is 5.82 Å². The maximum Gasteiger partial charge on any atom is 0.160 e. The fourth-order valence-electron chi connectivity index (χ4n) is 2.78. The average Bonchev–Trinajstić information content (AvgIpc) is 2.68. The van der Waals surface area contributed by atoms with E-state index < -0.39 is 0 Å². The van der Waals surface area contributed by atoms with E-state index in [-0.39, 0.29) is 5.82 Å². The Morgan fingerprint density at radius 1 is 0.593 bits per heavy atom. The first-order valence-electron chi connectivity index (χ1n) is 8.25. The van der Waals surface area contributed by atoms with Crippen LogP contribution in [0.4, 0.5) is 4.39 Å². The maximum atomic E-state index is 13.3. The first-order chi connectivity index (χ1) is 13.1. The monoisotopic (exact) mass is 482 g/mol. The minimum absolute atomic E-state index is 0.271. The highest BCUT2D eigenvalue weighted by Gasteiger charge is 2.11. The largest absolute Gasteiger partial charge is 0.228 e. The van der Waals surface area contributed by atoms with E-state index in [1.54, 1.807) is 12.1 Å². The molecule has 5 heteroatoms. The third kappa shape index (κ3) is 4.15. The summed E-state index contributed by atoms with van der Waals surface area (Å²) in [5.41, 5.74) is 4.27. The van der Waals surface area contributed by atoms with Crippen molar-refractivity contribution in [1.82, 2.24) is 9.97 Å². The van der Waals surface area contributed by atoms with Crippen LogP contribution >= 0.6 is 31.9 Å². The van der Waals surface area contributed by atoms with Crippen LogP contribution < -0.4 is 0 Å². The molecule has 0 aliphatic heterocycles. The molecule has 3 aromatic carbocycles. The van der Waals surface area contributed by atoms with Gasteiger partial charge in [0.2, 0.25) is 0 Å². The minimum Gasteiger partial charge on any atom is -0.228 e. The molecule has 1 aromatic heterocycles. The minimum atomic E-state index is -0.271. The summed E-state index contributed by atoms with van der Waals surface area (Å²) >= 11 is 7.06. The van der Waals surface area contributed by atoms with Gasteiger partial charge in [-0.05, 0) is 48.5 Å². The predicted octanol–water partition coefficient (Wildman–Crippen LogP) is 7.14. The fraction of sp³-hybridized carbons (Fsp3) is 0. The lowest BCUT2D eigenvalue weighted by Crippen LogP contribution is -1.96. The van der Waals surface area contributed by atoms with Crippen LogP contribution in [-0.4, -0.2) is 9.97 Å². The van der Waals surface area contributed by atoms with Gasteiger partial charge < -0.3 is 0 Å². The molecule has 132 valence electrons. The van der Waals surface area contributed by atoms with Crippen molar-refractivity contribution in [2.45, 2.75) is 0 Å². The molecule has 0 aliphatic carbocycles. The Balaban J connectivity index is 1.92. The summed E-state index contributed by atoms with van der Waals surface area (Å²) in [5, 5.41) is 0. The van der Waals surface area contributed by atoms with Crippen LogP contribution in [0.15, 0.2) is 87.8 Å². The van der Waals surface area contributed by atoms with Crippen LogP contribution in [0.25, 0.3) is 33.9 Å². The Labute approximate surface area is 173 Å². The van der Waals surface area contributed by atoms with Crippen molar-refractivity contribution in [3.8, 4) is 33.9 Å². The van der Waals surface area contributed by atoms with Crippen molar-refractivity contribution in [1.29, 1.82) is 0 Å². The van der Waals surface area contributed by atoms with Gasteiger partial charge in [-0.15, -0.1) is 0 Å². The van der Waals surface area contributed by atoms with Crippen molar-refractivity contribution in [3.63, 3.8) is 0 Å². The Hall–Kier alpha value is -2.37. The van der Waals surface area contributed by atoms with Gasteiger partial charge in [0.1, 0.15) is 5.82 Å². The van der Waals surface area contributed by atoms with E-state index in [2.05, 4.69) is 31.9 Å². The van der Waals surface area contributed by atoms with E-state index in [4.69, 9.17) is 9.97 Å². The van der Waals surface area contributed by atoms with Crippen LogP contribution in [0, 0.1) is 5.82 Å². The zero-order valence-corrected chi connectivity index (χ0v) is 17.2. The highest BCUT2D eigenvalue weighted by molar-refractivity contribution is 9.11. The summed E-state index contributed by atoms with van der Waals surface area (Å²) in [7, 11) is 0. The second-order valence-corrected chi connectivity index (χ2v) is 7.82. The molecule has 27 heavy (non-hydrogen) atoms. The summed E-state index contributed by atoms with van der Waals surface area (Å²) in [5.74, 6) is 0.357. The van der Waals surface area contributed by atoms with Crippen molar-refractivity contribution in [2.24, 2.45) is 0 Å². The number of hydrogen-bond donors (Lipinski definition) is 0. The van der Waals surface area contributed by atoms with Gasteiger partial charge >= 0.3 is 0 Å². The molecule has 4 rings (SSSR count). The second kappa shape index (κ2) is 7.71. The highest BCUT2D eigenvalue weighted by Crippen LogP contribution is 2.31. The lowest BCUT2D eigenvalue weighted by Gasteiger charge is -2.10. The Morgan fingerprint density at radius 2 is 1.19 bits per heavy atom. The number of benzene rings is 3. The van der Waals surface area contributed by atoms with E-state index in [1.807, 2.05) is 54.6 Å². The van der Waals surface area contributed by atoms with Gasteiger partial charge in [-0.25, -0.2) is 14.4 Å². The molecule has 0 spiro atoms. The van der Waals surface area contributed by atoms with Gasteiger partial charge in [-0.2, -0.15) is 0 Å². The number of aromatic nitrogens is 2. The summed E-state index contributed by atoms with van der Waals surface area (Å²) < 4.78 is 15.2. The Bertz CT molecular complexity index is 1080. The van der Waals surface area contributed by atoms with E-state index in [0.717, 1.165) is 37.0 Å². The molecule has 0 aliphatic rings. The number of rotatable bonds is 3. The molecule has 0 saturated carbocycles. The van der Waals surface area contributed by atoms with Gasteiger partial charge in [0.25, 0.3) is 0 Å². The van der Waals surface area contributed by atoms with E-state index >= 15 is 0 Å². The maximum absolute atomic E-state index is 13.3. The molecule has 1 heterocycles. The number of nitrogens with zero attached hydrogens (tertiary/aromatic N) is 2. The highest BCUT2D eigenvalue weighted by atomic mass is 79.9. The molecule has 0 unspecified atom stereocenters. The third-order valence-electron chi connectivity index (χ3n) is 4.06. The Morgan fingerprint density at radius 3 is 1.81 bits per heavy atom. The summed E-state index contributed by atoms with van der Waals surface area (Å²) in [4.78, 5) is 9.49. The van der Waals surface area contributed by atoms with Crippen molar-refractivity contribution in [2.75, 3.05) is 0 Å². The fourth-order valence-corrected chi connectivity index (χ4v) is 4.08. The summed E-state index contributed by atoms with van der Waals surface area (Å²) in [6.07, 6.45) is 0. The first kappa shape index (κ1) is 18.0. The average molecular weight is 484 g/mol. The standard InChI is InChI=1S/C22H13Br2FN2/c23-17-10-16(11-18(24)12-17)21-13-20(14-6-8-19(25)9-7-14)26-22(27-21)15-4-2-1-3-5-15/h1-13H. The lowest BCUT2D eigenvalue weighted by atomic mass is 10.1. The molecule has 0 saturated heterocycles. The second-order valence-electron chi connectivity index (χ2n) is 5.99. The third-order valence-corrected chi connectivity index (χ3v) is 4.97. The molecular formula is C22H13Br2FN2. The number of halogens is 3. The molecule has 0 fully saturated rings.